The average Bonchev–Trinajstić information content (AvgIpc) is 2.37. The quantitative estimate of drug-likeness (QED) is 0.676. The van der Waals surface area contributed by atoms with Crippen LogP contribution >= 0.6 is 0 Å². The highest BCUT2D eigenvalue weighted by molar-refractivity contribution is 4.95. The van der Waals surface area contributed by atoms with E-state index in [1.165, 1.54) is 0 Å². The van der Waals surface area contributed by atoms with Crippen LogP contribution in [0.1, 0.15) is 18.5 Å². The fourth-order valence-electron chi connectivity index (χ4n) is 0.722. The highest BCUT2D eigenvalue weighted by Crippen LogP contribution is 2.02. The Labute approximate surface area is 59.7 Å². The molecule has 56 valence electrons. The number of aromatic nitrogens is 1. The Morgan fingerprint density at radius 3 is 3.00 bits per heavy atom. The topological polar surface area (TPSA) is 46.3 Å². The third-order valence-electron chi connectivity index (χ3n) is 1.29. The molecule has 0 aromatic carbocycles. The Morgan fingerprint density at radius 1 is 1.70 bits per heavy atom. The standard InChI is InChI=1S/C7H11NO2/c1-2-6-5-10-7(8-6)3-4-9/h5,9H,2-4H2,1H3. The summed E-state index contributed by atoms with van der Waals surface area (Å²) in [5, 5.41) is 8.50. The molecule has 0 amide bonds. The van der Waals surface area contributed by atoms with E-state index in [-0.39, 0.29) is 6.61 Å². The number of rotatable bonds is 3. The van der Waals surface area contributed by atoms with Crippen LogP contribution < -0.4 is 0 Å². The van der Waals surface area contributed by atoms with Crippen LogP contribution in [0.5, 0.6) is 0 Å². The monoisotopic (exact) mass is 141 g/mol. The lowest BCUT2D eigenvalue weighted by atomic mass is 10.4. The number of oxazole rings is 1. The zero-order valence-corrected chi connectivity index (χ0v) is 6.00. The van der Waals surface area contributed by atoms with Gasteiger partial charge in [-0.3, -0.25) is 0 Å². The van der Waals surface area contributed by atoms with Crippen LogP contribution in [0, 0.1) is 0 Å². The zero-order chi connectivity index (χ0) is 7.40. The van der Waals surface area contributed by atoms with Crippen molar-refractivity contribution in [2.75, 3.05) is 6.61 Å². The normalized spacial score (nSPS) is 10.2. The van der Waals surface area contributed by atoms with Crippen LogP contribution in [0.25, 0.3) is 0 Å². The third-order valence-corrected chi connectivity index (χ3v) is 1.29. The lowest BCUT2D eigenvalue weighted by molar-refractivity contribution is 0.285. The van der Waals surface area contributed by atoms with Crippen molar-refractivity contribution in [3.8, 4) is 0 Å². The molecule has 3 heteroatoms. The number of hydrogen-bond donors (Lipinski definition) is 1. The van der Waals surface area contributed by atoms with Gasteiger partial charge in [0.25, 0.3) is 0 Å². The van der Waals surface area contributed by atoms with Gasteiger partial charge in [-0.25, -0.2) is 4.98 Å². The van der Waals surface area contributed by atoms with Crippen molar-refractivity contribution in [3.63, 3.8) is 0 Å². The summed E-state index contributed by atoms with van der Waals surface area (Å²) in [6.45, 7) is 2.12. The first kappa shape index (κ1) is 7.28. The second kappa shape index (κ2) is 3.37. The molecule has 1 aromatic heterocycles. The van der Waals surface area contributed by atoms with Crippen molar-refractivity contribution in [2.24, 2.45) is 0 Å². The van der Waals surface area contributed by atoms with Gasteiger partial charge in [-0.1, -0.05) is 6.92 Å². The summed E-state index contributed by atoms with van der Waals surface area (Å²) >= 11 is 0. The molecule has 0 bridgehead atoms. The molecule has 0 fully saturated rings. The van der Waals surface area contributed by atoms with Crippen LogP contribution in [0.2, 0.25) is 0 Å². The molecule has 1 aromatic rings. The maximum absolute atomic E-state index is 8.50. The summed E-state index contributed by atoms with van der Waals surface area (Å²) < 4.78 is 5.02. The molecule has 1 rings (SSSR count). The van der Waals surface area contributed by atoms with Gasteiger partial charge < -0.3 is 9.52 Å². The molecule has 1 N–H and O–H groups in total. The van der Waals surface area contributed by atoms with E-state index in [1.54, 1.807) is 6.26 Å². The van der Waals surface area contributed by atoms with Gasteiger partial charge in [0.05, 0.1) is 12.3 Å². The van der Waals surface area contributed by atoms with E-state index in [0.717, 1.165) is 12.1 Å². The molecule has 0 radical (unpaired) electrons. The van der Waals surface area contributed by atoms with Gasteiger partial charge in [0, 0.05) is 6.42 Å². The second-order valence-electron chi connectivity index (χ2n) is 2.06. The summed E-state index contributed by atoms with van der Waals surface area (Å²) in [5.74, 6) is 0.624. The summed E-state index contributed by atoms with van der Waals surface area (Å²) in [6, 6.07) is 0. The van der Waals surface area contributed by atoms with E-state index in [1.807, 2.05) is 6.92 Å². The lowest BCUT2D eigenvalue weighted by Crippen LogP contribution is -1.90. The Balaban J connectivity index is 2.59. The van der Waals surface area contributed by atoms with Crippen molar-refractivity contribution in [3.05, 3.63) is 17.8 Å². The first-order valence-electron chi connectivity index (χ1n) is 3.41. The first-order chi connectivity index (χ1) is 4.86. The van der Waals surface area contributed by atoms with Gasteiger partial charge in [0.2, 0.25) is 0 Å². The smallest absolute Gasteiger partial charge is 0.196 e. The number of aliphatic hydroxyl groups excluding tert-OH is 1. The van der Waals surface area contributed by atoms with E-state index >= 15 is 0 Å². The van der Waals surface area contributed by atoms with Gasteiger partial charge in [-0.15, -0.1) is 0 Å². The molecule has 0 atom stereocenters. The largest absolute Gasteiger partial charge is 0.449 e. The van der Waals surface area contributed by atoms with E-state index in [0.29, 0.717) is 12.3 Å². The van der Waals surface area contributed by atoms with Gasteiger partial charge in [0.1, 0.15) is 6.26 Å². The summed E-state index contributed by atoms with van der Waals surface area (Å²) in [7, 11) is 0. The summed E-state index contributed by atoms with van der Waals surface area (Å²) in [6.07, 6.45) is 3.03. The maximum Gasteiger partial charge on any atom is 0.196 e. The van der Waals surface area contributed by atoms with Crippen molar-refractivity contribution in [1.29, 1.82) is 0 Å². The fraction of sp³-hybridized carbons (Fsp3) is 0.571. The number of nitrogens with zero attached hydrogens (tertiary/aromatic N) is 1. The number of aryl methyl sites for hydroxylation is 1. The molecule has 3 nitrogen and oxygen atoms in total. The molecule has 0 aliphatic heterocycles. The van der Waals surface area contributed by atoms with E-state index in [2.05, 4.69) is 4.98 Å². The van der Waals surface area contributed by atoms with Crippen LogP contribution in [-0.2, 0) is 12.8 Å². The first-order valence-corrected chi connectivity index (χ1v) is 3.41. The van der Waals surface area contributed by atoms with Gasteiger partial charge in [0.15, 0.2) is 5.89 Å². The third kappa shape index (κ3) is 1.57. The fourth-order valence-corrected chi connectivity index (χ4v) is 0.722. The van der Waals surface area contributed by atoms with Crippen LogP contribution in [0.3, 0.4) is 0 Å². The van der Waals surface area contributed by atoms with Crippen LogP contribution in [0.4, 0.5) is 0 Å². The SMILES string of the molecule is CCc1coc(CCO)n1. The number of hydrogen-bond acceptors (Lipinski definition) is 3. The second-order valence-corrected chi connectivity index (χ2v) is 2.06. The van der Waals surface area contributed by atoms with Crippen molar-refractivity contribution >= 4 is 0 Å². The predicted octanol–water partition coefficient (Wildman–Crippen LogP) is 0.772. The molecular weight excluding hydrogens is 130 g/mol. The minimum absolute atomic E-state index is 0.101. The van der Waals surface area contributed by atoms with E-state index in [4.69, 9.17) is 9.52 Å². The Bertz CT molecular complexity index is 195. The van der Waals surface area contributed by atoms with Gasteiger partial charge in [-0.05, 0) is 6.42 Å². The highest BCUT2D eigenvalue weighted by Gasteiger charge is 1.99. The van der Waals surface area contributed by atoms with Gasteiger partial charge in [-0.2, -0.15) is 0 Å². The lowest BCUT2D eigenvalue weighted by Gasteiger charge is -1.85. The average molecular weight is 141 g/mol. The minimum Gasteiger partial charge on any atom is -0.449 e. The van der Waals surface area contributed by atoms with E-state index in [9.17, 15) is 0 Å². The maximum atomic E-state index is 8.50. The minimum atomic E-state index is 0.101. The predicted molar refractivity (Wildman–Crippen MR) is 36.7 cm³/mol. The molecule has 0 unspecified atom stereocenters. The highest BCUT2D eigenvalue weighted by atomic mass is 16.3. The molecule has 0 spiro atoms. The Hall–Kier alpha value is -0.830. The van der Waals surface area contributed by atoms with Crippen molar-refractivity contribution < 1.29 is 9.52 Å². The zero-order valence-electron chi connectivity index (χ0n) is 6.00. The Kier molecular flexibility index (Phi) is 2.45. The molecular formula is C7H11NO2. The van der Waals surface area contributed by atoms with E-state index < -0.39 is 0 Å². The molecule has 10 heavy (non-hydrogen) atoms. The number of aliphatic hydroxyl groups is 1. The molecule has 1 heterocycles. The summed E-state index contributed by atoms with van der Waals surface area (Å²) in [5.41, 5.74) is 0.948. The van der Waals surface area contributed by atoms with Crippen LogP contribution in [-0.4, -0.2) is 16.7 Å². The summed E-state index contributed by atoms with van der Waals surface area (Å²) in [4.78, 5) is 4.09. The molecule has 0 saturated carbocycles. The van der Waals surface area contributed by atoms with Crippen LogP contribution in [0.15, 0.2) is 10.7 Å². The Morgan fingerprint density at radius 2 is 2.50 bits per heavy atom. The molecule has 0 aliphatic rings. The molecule has 0 saturated heterocycles. The molecule has 0 aliphatic carbocycles. The van der Waals surface area contributed by atoms with Gasteiger partial charge >= 0.3 is 0 Å². The van der Waals surface area contributed by atoms with Crippen molar-refractivity contribution in [2.45, 2.75) is 19.8 Å². The van der Waals surface area contributed by atoms with Crippen molar-refractivity contribution in [1.82, 2.24) is 4.98 Å².